The summed E-state index contributed by atoms with van der Waals surface area (Å²) in [5, 5.41) is 18.0. The standard InChI is InChI=1S/C12H18BFO5/c1-17-2-3-18-4-5-19-9-10-6-11(13(15)16)8-12(14)7-10/h6-8,15-16H,2-5,9H2,1H3. The number of rotatable bonds is 9. The summed E-state index contributed by atoms with van der Waals surface area (Å²) < 4.78 is 28.5. The number of hydrogen-bond acceptors (Lipinski definition) is 5. The van der Waals surface area contributed by atoms with E-state index in [2.05, 4.69) is 0 Å². The van der Waals surface area contributed by atoms with Crippen molar-refractivity contribution in [2.24, 2.45) is 0 Å². The molecular formula is C12H18BFO5. The van der Waals surface area contributed by atoms with Crippen LogP contribution >= 0.6 is 0 Å². The van der Waals surface area contributed by atoms with E-state index in [1.165, 1.54) is 12.1 Å². The van der Waals surface area contributed by atoms with Gasteiger partial charge in [-0.3, -0.25) is 0 Å². The predicted molar refractivity (Wildman–Crippen MR) is 68.6 cm³/mol. The van der Waals surface area contributed by atoms with Gasteiger partial charge in [-0.25, -0.2) is 4.39 Å². The van der Waals surface area contributed by atoms with E-state index in [1.807, 2.05) is 0 Å². The van der Waals surface area contributed by atoms with Crippen molar-refractivity contribution in [1.82, 2.24) is 0 Å². The second kappa shape index (κ2) is 9.00. The van der Waals surface area contributed by atoms with Gasteiger partial charge in [-0.15, -0.1) is 0 Å². The first-order valence-electron chi connectivity index (χ1n) is 5.93. The molecule has 0 spiro atoms. The zero-order chi connectivity index (χ0) is 14.1. The molecular weight excluding hydrogens is 254 g/mol. The molecule has 0 radical (unpaired) electrons. The van der Waals surface area contributed by atoms with Crippen LogP contribution in [0.4, 0.5) is 4.39 Å². The van der Waals surface area contributed by atoms with Gasteiger partial charge in [0, 0.05) is 7.11 Å². The third-order valence-corrected chi connectivity index (χ3v) is 2.35. The first-order valence-corrected chi connectivity index (χ1v) is 5.93. The largest absolute Gasteiger partial charge is 0.488 e. The first kappa shape index (κ1) is 16.1. The molecule has 19 heavy (non-hydrogen) atoms. The summed E-state index contributed by atoms with van der Waals surface area (Å²) >= 11 is 0. The van der Waals surface area contributed by atoms with E-state index in [9.17, 15) is 4.39 Å². The Labute approximate surface area is 112 Å². The number of hydrogen-bond donors (Lipinski definition) is 2. The quantitative estimate of drug-likeness (QED) is 0.476. The fraction of sp³-hybridized carbons (Fsp3) is 0.500. The number of ether oxygens (including phenoxy) is 3. The minimum absolute atomic E-state index is 0.106. The Morgan fingerprint density at radius 3 is 2.42 bits per heavy atom. The van der Waals surface area contributed by atoms with Gasteiger partial charge in [-0.05, 0) is 23.2 Å². The molecule has 0 saturated heterocycles. The van der Waals surface area contributed by atoms with Gasteiger partial charge in [0.15, 0.2) is 0 Å². The molecule has 0 amide bonds. The summed E-state index contributed by atoms with van der Waals surface area (Å²) in [7, 11) is -0.0939. The second-order valence-corrected chi connectivity index (χ2v) is 3.92. The van der Waals surface area contributed by atoms with Crippen molar-refractivity contribution >= 4 is 12.6 Å². The van der Waals surface area contributed by atoms with Crippen molar-refractivity contribution < 1.29 is 28.6 Å². The third kappa shape index (κ3) is 6.65. The van der Waals surface area contributed by atoms with Crippen LogP contribution in [0.5, 0.6) is 0 Å². The topological polar surface area (TPSA) is 68.2 Å². The summed E-state index contributed by atoms with van der Waals surface area (Å²) in [5.41, 5.74) is 0.648. The summed E-state index contributed by atoms with van der Waals surface area (Å²) in [6.45, 7) is 2.01. The molecule has 0 unspecified atom stereocenters. The number of methoxy groups -OCH3 is 1. The summed E-state index contributed by atoms with van der Waals surface area (Å²) in [6, 6.07) is 3.85. The molecule has 5 nitrogen and oxygen atoms in total. The van der Waals surface area contributed by atoms with Gasteiger partial charge in [-0.1, -0.05) is 6.07 Å². The highest BCUT2D eigenvalue weighted by Gasteiger charge is 2.13. The van der Waals surface area contributed by atoms with Gasteiger partial charge in [0.25, 0.3) is 0 Å². The van der Waals surface area contributed by atoms with Crippen LogP contribution in [0.15, 0.2) is 18.2 Å². The van der Waals surface area contributed by atoms with Gasteiger partial charge >= 0.3 is 7.12 Å². The highest BCUT2D eigenvalue weighted by molar-refractivity contribution is 6.58. The SMILES string of the molecule is COCCOCCOCc1cc(F)cc(B(O)O)c1. The molecule has 0 atom stereocenters. The Kier molecular flexibility index (Phi) is 7.62. The second-order valence-electron chi connectivity index (χ2n) is 3.92. The molecule has 2 N–H and O–H groups in total. The minimum atomic E-state index is -1.69. The smallest absolute Gasteiger partial charge is 0.423 e. The molecule has 1 aromatic rings. The minimum Gasteiger partial charge on any atom is -0.423 e. The molecule has 7 heteroatoms. The van der Waals surface area contributed by atoms with Crippen LogP contribution in [0.25, 0.3) is 0 Å². The molecule has 0 aliphatic rings. The van der Waals surface area contributed by atoms with E-state index in [-0.39, 0.29) is 12.1 Å². The van der Waals surface area contributed by atoms with Crippen LogP contribution in [-0.4, -0.2) is 50.7 Å². The van der Waals surface area contributed by atoms with Crippen molar-refractivity contribution in [2.45, 2.75) is 6.61 Å². The zero-order valence-electron chi connectivity index (χ0n) is 10.8. The van der Waals surface area contributed by atoms with Crippen molar-refractivity contribution in [3.63, 3.8) is 0 Å². The monoisotopic (exact) mass is 272 g/mol. The van der Waals surface area contributed by atoms with Crippen LogP contribution in [0.3, 0.4) is 0 Å². The molecule has 0 aliphatic heterocycles. The molecule has 0 heterocycles. The van der Waals surface area contributed by atoms with E-state index >= 15 is 0 Å². The Bertz CT molecular complexity index is 375. The molecule has 106 valence electrons. The highest BCUT2D eigenvalue weighted by atomic mass is 19.1. The lowest BCUT2D eigenvalue weighted by Crippen LogP contribution is -2.30. The average Bonchev–Trinajstić information content (AvgIpc) is 2.37. The van der Waals surface area contributed by atoms with Crippen molar-refractivity contribution in [3.05, 3.63) is 29.6 Å². The predicted octanol–water partition coefficient (Wildman–Crippen LogP) is -0.315. The van der Waals surface area contributed by atoms with Gasteiger partial charge in [0.1, 0.15) is 5.82 Å². The van der Waals surface area contributed by atoms with Crippen molar-refractivity contribution in [3.8, 4) is 0 Å². The Balaban J connectivity index is 2.29. The molecule has 1 rings (SSSR count). The molecule has 0 saturated carbocycles. The molecule has 0 aromatic heterocycles. The van der Waals surface area contributed by atoms with E-state index in [4.69, 9.17) is 24.3 Å². The number of benzene rings is 1. The highest BCUT2D eigenvalue weighted by Crippen LogP contribution is 2.04. The average molecular weight is 272 g/mol. The van der Waals surface area contributed by atoms with Crippen LogP contribution in [0.2, 0.25) is 0 Å². The van der Waals surface area contributed by atoms with Gasteiger partial charge in [0.05, 0.1) is 33.0 Å². The van der Waals surface area contributed by atoms with Crippen molar-refractivity contribution in [1.29, 1.82) is 0 Å². The van der Waals surface area contributed by atoms with E-state index in [0.717, 1.165) is 6.07 Å². The lowest BCUT2D eigenvalue weighted by atomic mass is 9.79. The van der Waals surface area contributed by atoms with E-state index < -0.39 is 12.9 Å². The van der Waals surface area contributed by atoms with Crippen molar-refractivity contribution in [2.75, 3.05) is 33.5 Å². The lowest BCUT2D eigenvalue weighted by Gasteiger charge is -2.07. The first-order chi connectivity index (χ1) is 9.13. The summed E-state index contributed by atoms with van der Waals surface area (Å²) in [5.74, 6) is -0.527. The van der Waals surface area contributed by atoms with E-state index in [0.29, 0.717) is 32.0 Å². The summed E-state index contributed by atoms with van der Waals surface area (Å²) in [6.07, 6.45) is 0. The zero-order valence-corrected chi connectivity index (χ0v) is 10.8. The lowest BCUT2D eigenvalue weighted by molar-refractivity contribution is 0.0199. The normalized spacial score (nSPS) is 10.7. The Hall–Kier alpha value is -0.985. The Morgan fingerprint density at radius 2 is 1.74 bits per heavy atom. The van der Waals surface area contributed by atoms with E-state index in [1.54, 1.807) is 7.11 Å². The fourth-order valence-corrected chi connectivity index (χ4v) is 1.46. The van der Waals surface area contributed by atoms with Crippen LogP contribution < -0.4 is 5.46 Å². The third-order valence-electron chi connectivity index (χ3n) is 2.35. The maximum absolute atomic E-state index is 13.2. The van der Waals surface area contributed by atoms with Crippen LogP contribution in [0.1, 0.15) is 5.56 Å². The summed E-state index contributed by atoms with van der Waals surface area (Å²) in [4.78, 5) is 0. The molecule has 0 aliphatic carbocycles. The maximum Gasteiger partial charge on any atom is 0.488 e. The fourth-order valence-electron chi connectivity index (χ4n) is 1.46. The van der Waals surface area contributed by atoms with Crippen LogP contribution in [-0.2, 0) is 20.8 Å². The molecule has 0 fully saturated rings. The van der Waals surface area contributed by atoms with Gasteiger partial charge in [0.2, 0.25) is 0 Å². The van der Waals surface area contributed by atoms with Gasteiger partial charge in [-0.2, -0.15) is 0 Å². The van der Waals surface area contributed by atoms with Crippen LogP contribution in [0, 0.1) is 5.82 Å². The molecule has 1 aromatic carbocycles. The maximum atomic E-state index is 13.2. The molecule has 0 bridgehead atoms. The Morgan fingerprint density at radius 1 is 1.05 bits per heavy atom. The van der Waals surface area contributed by atoms with Gasteiger partial charge < -0.3 is 24.3 Å². The number of halogens is 1.